The Morgan fingerprint density at radius 3 is 2.62 bits per heavy atom. The third kappa shape index (κ3) is 2.74. The van der Waals surface area contributed by atoms with Crippen LogP contribution in [0.25, 0.3) is 0 Å². The van der Waals surface area contributed by atoms with Crippen molar-refractivity contribution in [1.82, 2.24) is 4.98 Å². The van der Waals surface area contributed by atoms with E-state index in [1.165, 1.54) is 0 Å². The first kappa shape index (κ1) is 9.51. The fourth-order valence-corrected chi connectivity index (χ4v) is 0.901. The molecule has 0 atom stereocenters. The van der Waals surface area contributed by atoms with E-state index in [9.17, 15) is 0 Å². The number of amidine groups is 1. The number of anilines is 1. The molecule has 0 aliphatic carbocycles. The van der Waals surface area contributed by atoms with Gasteiger partial charge in [-0.25, -0.2) is 0 Å². The van der Waals surface area contributed by atoms with E-state index in [0.717, 1.165) is 0 Å². The first-order valence-corrected chi connectivity index (χ1v) is 4.15. The van der Waals surface area contributed by atoms with E-state index in [1.807, 2.05) is 13.8 Å². The van der Waals surface area contributed by atoms with Gasteiger partial charge in [0.15, 0.2) is 0 Å². The summed E-state index contributed by atoms with van der Waals surface area (Å²) in [5.41, 5.74) is 12.5. The van der Waals surface area contributed by atoms with E-state index in [2.05, 4.69) is 9.98 Å². The quantitative estimate of drug-likeness (QED) is 0.519. The predicted molar refractivity (Wildman–Crippen MR) is 54.5 cm³/mol. The molecule has 4 N–H and O–H groups in total. The maximum Gasteiger partial charge on any atom is 0.144 e. The van der Waals surface area contributed by atoms with Gasteiger partial charge in [-0.2, -0.15) is 0 Å². The summed E-state index contributed by atoms with van der Waals surface area (Å²) in [5, 5.41) is 0. The predicted octanol–water partition coefficient (Wildman–Crippen LogP) is 0.778. The van der Waals surface area contributed by atoms with Crippen LogP contribution in [0.1, 0.15) is 19.5 Å². The monoisotopic (exact) mass is 178 g/mol. The van der Waals surface area contributed by atoms with Gasteiger partial charge in [-0.3, -0.25) is 9.98 Å². The van der Waals surface area contributed by atoms with Crippen LogP contribution in [0, 0.1) is 0 Å². The molecule has 4 nitrogen and oxygen atoms in total. The van der Waals surface area contributed by atoms with Crippen LogP contribution in [-0.4, -0.2) is 16.9 Å². The van der Waals surface area contributed by atoms with Crippen LogP contribution >= 0.6 is 0 Å². The first-order chi connectivity index (χ1) is 6.09. The van der Waals surface area contributed by atoms with Crippen molar-refractivity contribution in [2.45, 2.75) is 19.9 Å². The lowest BCUT2D eigenvalue weighted by atomic mass is 10.3. The average molecular weight is 178 g/mol. The lowest BCUT2D eigenvalue weighted by Crippen LogP contribution is -2.17. The van der Waals surface area contributed by atoms with E-state index in [4.69, 9.17) is 11.5 Å². The topological polar surface area (TPSA) is 77.3 Å². The van der Waals surface area contributed by atoms with Crippen LogP contribution < -0.4 is 11.5 Å². The standard InChI is InChI=1S/C9H14N4/c1-6(2)13-9(11)8-4-3-7(10)5-12-8/h3-6H,10H2,1-2H3,(H2,11,13). The highest BCUT2D eigenvalue weighted by Crippen LogP contribution is 2.01. The van der Waals surface area contributed by atoms with Gasteiger partial charge in [0.2, 0.25) is 0 Å². The Balaban J connectivity index is 2.89. The number of nitrogens with zero attached hydrogens (tertiary/aromatic N) is 2. The van der Waals surface area contributed by atoms with Gasteiger partial charge in [0, 0.05) is 6.04 Å². The zero-order valence-electron chi connectivity index (χ0n) is 7.86. The van der Waals surface area contributed by atoms with Gasteiger partial charge in [-0.1, -0.05) is 0 Å². The van der Waals surface area contributed by atoms with Crippen molar-refractivity contribution < 1.29 is 0 Å². The molecule has 1 aromatic rings. The summed E-state index contributed by atoms with van der Waals surface area (Å²) >= 11 is 0. The molecule has 0 aromatic carbocycles. The Labute approximate surface area is 77.7 Å². The summed E-state index contributed by atoms with van der Waals surface area (Å²) in [7, 11) is 0. The van der Waals surface area contributed by atoms with Crippen molar-refractivity contribution in [2.24, 2.45) is 10.7 Å². The van der Waals surface area contributed by atoms with Gasteiger partial charge < -0.3 is 11.5 Å². The third-order valence-electron chi connectivity index (χ3n) is 1.45. The number of nitrogens with two attached hydrogens (primary N) is 2. The Morgan fingerprint density at radius 1 is 1.46 bits per heavy atom. The van der Waals surface area contributed by atoms with Crippen molar-refractivity contribution in [3.05, 3.63) is 24.0 Å². The molecule has 70 valence electrons. The summed E-state index contributed by atoms with van der Waals surface area (Å²) in [6.07, 6.45) is 1.57. The molecule has 0 amide bonds. The molecule has 0 aliphatic heterocycles. The van der Waals surface area contributed by atoms with E-state index in [0.29, 0.717) is 17.2 Å². The molecule has 0 saturated carbocycles. The molecule has 0 aliphatic rings. The summed E-state index contributed by atoms with van der Waals surface area (Å²) in [6, 6.07) is 3.70. The maximum atomic E-state index is 5.69. The molecule has 1 rings (SSSR count). The average Bonchev–Trinajstić information content (AvgIpc) is 2.04. The normalized spacial score (nSPS) is 12.1. The lowest BCUT2D eigenvalue weighted by Gasteiger charge is -2.02. The Kier molecular flexibility index (Phi) is 2.84. The van der Waals surface area contributed by atoms with E-state index in [-0.39, 0.29) is 6.04 Å². The van der Waals surface area contributed by atoms with Crippen molar-refractivity contribution in [2.75, 3.05) is 5.73 Å². The van der Waals surface area contributed by atoms with Crippen molar-refractivity contribution in [1.29, 1.82) is 0 Å². The molecule has 0 radical (unpaired) electrons. The molecule has 4 heteroatoms. The number of aromatic nitrogens is 1. The van der Waals surface area contributed by atoms with Gasteiger partial charge in [-0.05, 0) is 26.0 Å². The van der Waals surface area contributed by atoms with Gasteiger partial charge in [-0.15, -0.1) is 0 Å². The fourth-order valence-electron chi connectivity index (χ4n) is 0.901. The molecular weight excluding hydrogens is 164 g/mol. The molecule has 1 aromatic heterocycles. The van der Waals surface area contributed by atoms with E-state index < -0.39 is 0 Å². The van der Waals surface area contributed by atoms with Crippen molar-refractivity contribution >= 4 is 11.5 Å². The number of pyridine rings is 1. The van der Waals surface area contributed by atoms with Crippen LogP contribution in [0.4, 0.5) is 5.69 Å². The minimum Gasteiger partial charge on any atom is -0.397 e. The Morgan fingerprint density at radius 2 is 2.15 bits per heavy atom. The van der Waals surface area contributed by atoms with Crippen LogP contribution in [-0.2, 0) is 0 Å². The molecule has 0 saturated heterocycles. The second-order valence-corrected chi connectivity index (χ2v) is 3.08. The van der Waals surface area contributed by atoms with Crippen molar-refractivity contribution in [3.63, 3.8) is 0 Å². The van der Waals surface area contributed by atoms with Gasteiger partial charge in [0.25, 0.3) is 0 Å². The molecule has 13 heavy (non-hydrogen) atoms. The third-order valence-corrected chi connectivity index (χ3v) is 1.45. The zero-order valence-corrected chi connectivity index (χ0v) is 7.86. The van der Waals surface area contributed by atoms with Crippen LogP contribution in [0.15, 0.2) is 23.3 Å². The highest BCUT2D eigenvalue weighted by molar-refractivity contribution is 5.95. The SMILES string of the molecule is CC(C)N=C(N)c1ccc(N)cn1. The summed E-state index contributed by atoms with van der Waals surface area (Å²) in [6.45, 7) is 3.92. The van der Waals surface area contributed by atoms with E-state index >= 15 is 0 Å². The molecule has 0 unspecified atom stereocenters. The second kappa shape index (κ2) is 3.89. The molecule has 0 spiro atoms. The fraction of sp³-hybridized carbons (Fsp3) is 0.333. The minimum atomic E-state index is 0.180. The van der Waals surface area contributed by atoms with Gasteiger partial charge in [0.1, 0.15) is 11.5 Å². The number of rotatable bonds is 2. The van der Waals surface area contributed by atoms with E-state index in [1.54, 1.807) is 18.3 Å². The minimum absolute atomic E-state index is 0.180. The van der Waals surface area contributed by atoms with Gasteiger partial charge >= 0.3 is 0 Å². The Hall–Kier alpha value is -1.58. The summed E-state index contributed by atoms with van der Waals surface area (Å²) in [4.78, 5) is 8.22. The maximum absolute atomic E-state index is 5.69. The number of nitrogen functional groups attached to an aromatic ring is 1. The largest absolute Gasteiger partial charge is 0.397 e. The number of aliphatic imine (C=N–C) groups is 1. The smallest absolute Gasteiger partial charge is 0.144 e. The van der Waals surface area contributed by atoms with Crippen molar-refractivity contribution in [3.8, 4) is 0 Å². The highest BCUT2D eigenvalue weighted by Gasteiger charge is 1.99. The molecule has 0 fully saturated rings. The highest BCUT2D eigenvalue weighted by atomic mass is 14.9. The molecule has 1 heterocycles. The number of hydrogen-bond acceptors (Lipinski definition) is 3. The molecular formula is C9H14N4. The summed E-state index contributed by atoms with van der Waals surface area (Å²) in [5.74, 6) is 0.454. The van der Waals surface area contributed by atoms with Gasteiger partial charge in [0.05, 0.1) is 11.9 Å². The summed E-state index contributed by atoms with van der Waals surface area (Å²) < 4.78 is 0. The molecule has 0 bridgehead atoms. The van der Waals surface area contributed by atoms with Crippen LogP contribution in [0.3, 0.4) is 0 Å². The van der Waals surface area contributed by atoms with Crippen LogP contribution in [0.2, 0.25) is 0 Å². The lowest BCUT2D eigenvalue weighted by molar-refractivity contribution is 0.833. The number of hydrogen-bond donors (Lipinski definition) is 2. The second-order valence-electron chi connectivity index (χ2n) is 3.08. The first-order valence-electron chi connectivity index (χ1n) is 4.15. The zero-order chi connectivity index (χ0) is 9.84. The Bertz CT molecular complexity index is 300. The van der Waals surface area contributed by atoms with Crippen LogP contribution in [0.5, 0.6) is 0 Å².